The summed E-state index contributed by atoms with van der Waals surface area (Å²) in [6.07, 6.45) is 1.74. The van der Waals surface area contributed by atoms with Gasteiger partial charge in [0.1, 0.15) is 0 Å². The second kappa shape index (κ2) is 5.87. The minimum Gasteiger partial charge on any atom is -0.481 e. The largest absolute Gasteiger partial charge is 0.481 e. The molecule has 1 saturated carbocycles. The number of nitrogens with one attached hydrogen (secondary N) is 1. The van der Waals surface area contributed by atoms with Crippen molar-refractivity contribution in [3.63, 3.8) is 0 Å². The van der Waals surface area contributed by atoms with Gasteiger partial charge in [0.2, 0.25) is 5.91 Å². The van der Waals surface area contributed by atoms with Crippen LogP contribution in [0, 0.1) is 11.8 Å². The van der Waals surface area contributed by atoms with Crippen LogP contribution in [-0.2, 0) is 9.59 Å². The molecule has 102 valence electrons. The maximum absolute atomic E-state index is 12.1. The number of carbonyl (C=O) groups is 2. The number of rotatable bonds is 4. The number of carboxylic acids is 1. The van der Waals surface area contributed by atoms with Crippen LogP contribution in [0.4, 0.5) is 0 Å². The molecule has 0 saturated heterocycles. The van der Waals surface area contributed by atoms with Crippen molar-refractivity contribution in [2.75, 3.05) is 0 Å². The summed E-state index contributed by atoms with van der Waals surface area (Å²) in [5.74, 6) is -1.33. The predicted molar refractivity (Wildman–Crippen MR) is 71.5 cm³/mol. The Balaban J connectivity index is 1.90. The third-order valence-corrected chi connectivity index (χ3v) is 3.81. The van der Waals surface area contributed by atoms with Gasteiger partial charge in [-0.05, 0) is 31.7 Å². The Labute approximate surface area is 112 Å². The van der Waals surface area contributed by atoms with Crippen LogP contribution in [0.3, 0.4) is 0 Å². The van der Waals surface area contributed by atoms with Crippen molar-refractivity contribution >= 4 is 11.9 Å². The quantitative estimate of drug-likeness (QED) is 0.874. The maximum Gasteiger partial charge on any atom is 0.306 e. The molecule has 0 bridgehead atoms. The van der Waals surface area contributed by atoms with Crippen LogP contribution < -0.4 is 5.32 Å². The van der Waals surface area contributed by atoms with Gasteiger partial charge in [0, 0.05) is 5.92 Å². The lowest BCUT2D eigenvalue weighted by atomic mass is 10.0. The SMILES string of the molecule is C[C@H](NC(=O)C1CCC(C(=O)O)C1)c1ccccc1. The molecule has 2 rings (SSSR count). The smallest absolute Gasteiger partial charge is 0.306 e. The third-order valence-electron chi connectivity index (χ3n) is 3.81. The highest BCUT2D eigenvalue weighted by Crippen LogP contribution is 2.31. The summed E-state index contributed by atoms with van der Waals surface area (Å²) in [6.45, 7) is 1.94. The zero-order valence-electron chi connectivity index (χ0n) is 11.0. The summed E-state index contributed by atoms with van der Waals surface area (Å²) in [5, 5.41) is 11.9. The number of amides is 1. The molecule has 1 aromatic carbocycles. The molecule has 0 aliphatic heterocycles. The first kappa shape index (κ1) is 13.6. The van der Waals surface area contributed by atoms with Crippen molar-refractivity contribution < 1.29 is 14.7 Å². The molecule has 1 fully saturated rings. The number of carboxylic acid groups (broad SMARTS) is 1. The monoisotopic (exact) mass is 261 g/mol. The molecule has 0 spiro atoms. The van der Waals surface area contributed by atoms with E-state index in [-0.39, 0.29) is 23.8 Å². The zero-order valence-corrected chi connectivity index (χ0v) is 11.0. The molecule has 1 aliphatic rings. The van der Waals surface area contributed by atoms with Gasteiger partial charge in [0.15, 0.2) is 0 Å². The van der Waals surface area contributed by atoms with Crippen molar-refractivity contribution in [2.45, 2.75) is 32.2 Å². The fourth-order valence-electron chi connectivity index (χ4n) is 2.60. The van der Waals surface area contributed by atoms with Gasteiger partial charge in [-0.3, -0.25) is 9.59 Å². The molecule has 3 atom stereocenters. The Morgan fingerprint density at radius 2 is 1.84 bits per heavy atom. The lowest BCUT2D eigenvalue weighted by Gasteiger charge is -2.17. The minimum absolute atomic E-state index is 0.0277. The molecule has 4 nitrogen and oxygen atoms in total. The molecular weight excluding hydrogens is 242 g/mol. The third kappa shape index (κ3) is 3.34. The van der Waals surface area contributed by atoms with Gasteiger partial charge < -0.3 is 10.4 Å². The highest BCUT2D eigenvalue weighted by atomic mass is 16.4. The van der Waals surface area contributed by atoms with Crippen LogP contribution in [0.1, 0.15) is 37.8 Å². The summed E-state index contributed by atoms with van der Waals surface area (Å²) in [6, 6.07) is 9.71. The van der Waals surface area contributed by atoms with Crippen molar-refractivity contribution in [1.82, 2.24) is 5.32 Å². The van der Waals surface area contributed by atoms with Crippen molar-refractivity contribution in [1.29, 1.82) is 0 Å². The summed E-state index contributed by atoms with van der Waals surface area (Å²) in [7, 11) is 0. The number of hydrogen-bond acceptors (Lipinski definition) is 2. The van der Waals surface area contributed by atoms with E-state index in [1.54, 1.807) is 0 Å². The molecule has 0 heterocycles. The average molecular weight is 261 g/mol. The molecule has 1 aromatic rings. The van der Waals surface area contributed by atoms with Gasteiger partial charge in [-0.25, -0.2) is 0 Å². The van der Waals surface area contributed by atoms with Crippen LogP contribution in [0.5, 0.6) is 0 Å². The number of benzene rings is 1. The first-order chi connectivity index (χ1) is 9.08. The fourth-order valence-corrected chi connectivity index (χ4v) is 2.60. The van der Waals surface area contributed by atoms with Crippen molar-refractivity contribution in [3.05, 3.63) is 35.9 Å². The highest BCUT2D eigenvalue weighted by molar-refractivity contribution is 5.81. The Morgan fingerprint density at radius 3 is 2.42 bits per heavy atom. The van der Waals surface area contributed by atoms with Crippen molar-refractivity contribution in [3.8, 4) is 0 Å². The summed E-state index contributed by atoms with van der Waals surface area (Å²) < 4.78 is 0. The highest BCUT2D eigenvalue weighted by Gasteiger charge is 2.34. The van der Waals surface area contributed by atoms with Crippen LogP contribution in [0.2, 0.25) is 0 Å². The van der Waals surface area contributed by atoms with Crippen LogP contribution in [-0.4, -0.2) is 17.0 Å². The molecule has 1 amide bonds. The lowest BCUT2D eigenvalue weighted by Crippen LogP contribution is -2.32. The Bertz CT molecular complexity index is 458. The van der Waals surface area contributed by atoms with Crippen molar-refractivity contribution in [2.24, 2.45) is 11.8 Å². The molecule has 19 heavy (non-hydrogen) atoms. The topological polar surface area (TPSA) is 66.4 Å². The molecule has 4 heteroatoms. The van der Waals surface area contributed by atoms with Crippen LogP contribution >= 0.6 is 0 Å². The molecule has 2 unspecified atom stereocenters. The molecule has 0 radical (unpaired) electrons. The van der Waals surface area contributed by atoms with E-state index in [1.807, 2.05) is 37.3 Å². The van der Waals surface area contributed by atoms with Crippen LogP contribution in [0.25, 0.3) is 0 Å². The van der Waals surface area contributed by atoms with Gasteiger partial charge >= 0.3 is 5.97 Å². The maximum atomic E-state index is 12.1. The number of aliphatic carboxylic acids is 1. The van der Waals surface area contributed by atoms with Gasteiger partial charge in [0.25, 0.3) is 0 Å². The van der Waals surface area contributed by atoms with E-state index in [2.05, 4.69) is 5.32 Å². The zero-order chi connectivity index (χ0) is 13.8. The number of carbonyl (C=O) groups excluding carboxylic acids is 1. The average Bonchev–Trinajstić information content (AvgIpc) is 2.89. The summed E-state index contributed by atoms with van der Waals surface area (Å²) in [4.78, 5) is 23.0. The number of hydrogen-bond donors (Lipinski definition) is 2. The summed E-state index contributed by atoms with van der Waals surface area (Å²) in [5.41, 5.74) is 1.06. The molecule has 0 aromatic heterocycles. The second-order valence-electron chi connectivity index (χ2n) is 5.19. The Hall–Kier alpha value is -1.84. The summed E-state index contributed by atoms with van der Waals surface area (Å²) >= 11 is 0. The standard InChI is InChI=1S/C15H19NO3/c1-10(11-5-3-2-4-6-11)16-14(17)12-7-8-13(9-12)15(18)19/h2-6,10,12-13H,7-9H2,1H3,(H,16,17)(H,18,19)/t10-,12?,13?/m0/s1. The van der Waals surface area contributed by atoms with E-state index >= 15 is 0 Å². The van der Waals surface area contributed by atoms with Crippen LogP contribution in [0.15, 0.2) is 30.3 Å². The molecular formula is C15H19NO3. The van der Waals surface area contributed by atoms with Gasteiger partial charge in [-0.15, -0.1) is 0 Å². The Morgan fingerprint density at radius 1 is 1.21 bits per heavy atom. The first-order valence-electron chi connectivity index (χ1n) is 6.66. The first-order valence-corrected chi connectivity index (χ1v) is 6.66. The second-order valence-corrected chi connectivity index (χ2v) is 5.19. The lowest BCUT2D eigenvalue weighted by molar-refractivity contribution is -0.141. The minimum atomic E-state index is -0.786. The van der Waals surface area contributed by atoms with E-state index in [0.29, 0.717) is 19.3 Å². The molecule has 1 aliphatic carbocycles. The predicted octanol–water partition coefficient (Wildman–Crippen LogP) is 2.36. The van der Waals surface area contributed by atoms with E-state index in [9.17, 15) is 9.59 Å². The van der Waals surface area contributed by atoms with Gasteiger partial charge in [0.05, 0.1) is 12.0 Å². The van der Waals surface area contributed by atoms with E-state index in [4.69, 9.17) is 5.11 Å². The Kier molecular flexibility index (Phi) is 4.20. The normalized spacial score (nSPS) is 23.8. The van der Waals surface area contributed by atoms with Gasteiger partial charge in [-0.1, -0.05) is 30.3 Å². The van der Waals surface area contributed by atoms with E-state index < -0.39 is 5.97 Å². The molecule has 2 N–H and O–H groups in total. The van der Waals surface area contributed by atoms with E-state index in [0.717, 1.165) is 5.56 Å². The fraction of sp³-hybridized carbons (Fsp3) is 0.467. The van der Waals surface area contributed by atoms with Gasteiger partial charge in [-0.2, -0.15) is 0 Å². The van der Waals surface area contributed by atoms with E-state index in [1.165, 1.54) is 0 Å².